The molecule has 0 bridgehead atoms. The van der Waals surface area contributed by atoms with Crippen molar-refractivity contribution in [2.45, 2.75) is 38.3 Å². The quantitative estimate of drug-likeness (QED) is 0.816. The van der Waals surface area contributed by atoms with Gasteiger partial charge in [-0.2, -0.15) is 0 Å². The van der Waals surface area contributed by atoms with E-state index in [-0.39, 0.29) is 49.0 Å². The molecule has 2 aromatic rings. The predicted molar refractivity (Wildman–Crippen MR) is 104 cm³/mol. The first-order chi connectivity index (χ1) is 11.1. The highest BCUT2D eigenvalue weighted by molar-refractivity contribution is 7.13. The molecule has 1 aromatic carbocycles. The summed E-state index contributed by atoms with van der Waals surface area (Å²) in [5.74, 6) is -0.294. The van der Waals surface area contributed by atoms with Gasteiger partial charge >= 0.3 is 0 Å². The summed E-state index contributed by atoms with van der Waals surface area (Å²) < 4.78 is 13.3. The van der Waals surface area contributed by atoms with E-state index in [1.54, 1.807) is 6.07 Å². The average Bonchev–Trinajstić information content (AvgIpc) is 2.98. The van der Waals surface area contributed by atoms with Crippen LogP contribution in [0.15, 0.2) is 29.6 Å². The SMILES string of the molecule is CC1NCCCC1NC(=O)Cc1csc(-c2cccc(F)c2)n1.Cl.Cl. The van der Waals surface area contributed by atoms with Gasteiger partial charge in [0.25, 0.3) is 0 Å². The molecule has 1 amide bonds. The van der Waals surface area contributed by atoms with Crippen LogP contribution in [0.5, 0.6) is 0 Å². The molecule has 1 fully saturated rings. The normalized spacial score (nSPS) is 19.4. The van der Waals surface area contributed by atoms with Gasteiger partial charge in [-0.15, -0.1) is 36.2 Å². The van der Waals surface area contributed by atoms with E-state index in [1.807, 2.05) is 11.4 Å². The summed E-state index contributed by atoms with van der Waals surface area (Å²) >= 11 is 1.43. The van der Waals surface area contributed by atoms with Crippen LogP contribution >= 0.6 is 36.2 Å². The second kappa shape index (κ2) is 10.1. The Bertz CT molecular complexity index is 698. The van der Waals surface area contributed by atoms with E-state index in [1.165, 1.54) is 23.5 Å². The summed E-state index contributed by atoms with van der Waals surface area (Å²) in [6.45, 7) is 3.10. The number of benzene rings is 1. The molecule has 0 saturated carbocycles. The standard InChI is InChI=1S/C17H20FN3OS.2ClH/c1-11-15(6-3-7-19-11)21-16(22)9-14-10-23-17(20-14)12-4-2-5-13(18)8-12;;/h2,4-5,8,10-11,15,19H,3,6-7,9H2,1H3,(H,21,22);2*1H. The van der Waals surface area contributed by atoms with Crippen molar-refractivity contribution in [1.29, 1.82) is 0 Å². The highest BCUT2D eigenvalue weighted by Gasteiger charge is 2.22. The minimum atomic E-state index is -0.282. The number of halogens is 3. The molecule has 1 aliphatic heterocycles. The van der Waals surface area contributed by atoms with Gasteiger partial charge in [0.05, 0.1) is 12.1 Å². The van der Waals surface area contributed by atoms with E-state index in [9.17, 15) is 9.18 Å². The fraction of sp³-hybridized carbons (Fsp3) is 0.412. The van der Waals surface area contributed by atoms with Gasteiger partial charge in [-0.05, 0) is 38.4 Å². The van der Waals surface area contributed by atoms with Crippen LogP contribution in [0.3, 0.4) is 0 Å². The lowest BCUT2D eigenvalue weighted by atomic mass is 10.00. The Morgan fingerprint density at radius 2 is 2.24 bits per heavy atom. The van der Waals surface area contributed by atoms with E-state index >= 15 is 0 Å². The number of carbonyl (C=O) groups is 1. The van der Waals surface area contributed by atoms with E-state index in [0.29, 0.717) is 6.04 Å². The van der Waals surface area contributed by atoms with Crippen molar-refractivity contribution in [2.24, 2.45) is 0 Å². The zero-order valence-corrected chi connectivity index (χ0v) is 16.3. The van der Waals surface area contributed by atoms with Crippen molar-refractivity contribution in [3.63, 3.8) is 0 Å². The number of nitrogens with one attached hydrogen (secondary N) is 2. The van der Waals surface area contributed by atoms with Crippen molar-refractivity contribution >= 4 is 42.1 Å². The molecule has 25 heavy (non-hydrogen) atoms. The third kappa shape index (κ3) is 5.92. The molecule has 8 heteroatoms. The van der Waals surface area contributed by atoms with Crippen LogP contribution in [-0.4, -0.2) is 29.5 Å². The minimum absolute atomic E-state index is 0. The molecule has 4 nitrogen and oxygen atoms in total. The molecular formula is C17H22Cl2FN3OS. The third-order valence-corrected chi connectivity index (χ3v) is 5.01. The maximum atomic E-state index is 13.3. The van der Waals surface area contributed by atoms with Crippen molar-refractivity contribution in [3.8, 4) is 10.6 Å². The number of hydrogen-bond donors (Lipinski definition) is 2. The first kappa shape index (κ1) is 21.8. The lowest BCUT2D eigenvalue weighted by Crippen LogP contribution is -2.52. The van der Waals surface area contributed by atoms with E-state index in [2.05, 4.69) is 22.5 Å². The average molecular weight is 406 g/mol. The molecule has 0 spiro atoms. The van der Waals surface area contributed by atoms with Gasteiger partial charge in [-0.25, -0.2) is 9.37 Å². The molecule has 3 rings (SSSR count). The van der Waals surface area contributed by atoms with E-state index in [0.717, 1.165) is 35.7 Å². The summed E-state index contributed by atoms with van der Waals surface area (Å²) in [6, 6.07) is 6.82. The van der Waals surface area contributed by atoms with Crippen LogP contribution in [-0.2, 0) is 11.2 Å². The molecule has 138 valence electrons. The topological polar surface area (TPSA) is 54.0 Å². The number of aromatic nitrogens is 1. The number of rotatable bonds is 4. The highest BCUT2D eigenvalue weighted by atomic mass is 35.5. The molecular weight excluding hydrogens is 384 g/mol. The third-order valence-electron chi connectivity index (χ3n) is 4.07. The molecule has 2 heterocycles. The van der Waals surface area contributed by atoms with Gasteiger partial charge in [-0.3, -0.25) is 4.79 Å². The molecule has 2 atom stereocenters. The van der Waals surface area contributed by atoms with E-state index < -0.39 is 0 Å². The molecule has 2 unspecified atom stereocenters. The van der Waals surface area contributed by atoms with Crippen molar-refractivity contribution < 1.29 is 9.18 Å². The number of nitrogens with zero attached hydrogens (tertiary/aromatic N) is 1. The second-order valence-electron chi connectivity index (χ2n) is 5.89. The van der Waals surface area contributed by atoms with Gasteiger partial charge in [0, 0.05) is 23.0 Å². The van der Waals surface area contributed by atoms with Crippen molar-refractivity contribution in [1.82, 2.24) is 15.6 Å². The van der Waals surface area contributed by atoms with Crippen molar-refractivity contribution in [2.75, 3.05) is 6.54 Å². The fourth-order valence-corrected chi connectivity index (χ4v) is 3.62. The number of piperidine rings is 1. The molecule has 0 aliphatic carbocycles. The van der Waals surface area contributed by atoms with E-state index in [4.69, 9.17) is 0 Å². The maximum Gasteiger partial charge on any atom is 0.226 e. The first-order valence-corrected chi connectivity index (χ1v) is 8.73. The Labute approximate surface area is 163 Å². The van der Waals surface area contributed by atoms with Crippen LogP contribution in [0.25, 0.3) is 10.6 Å². The zero-order chi connectivity index (χ0) is 16.2. The summed E-state index contributed by atoms with van der Waals surface area (Å²) in [6.07, 6.45) is 2.34. The van der Waals surface area contributed by atoms with Crippen LogP contribution in [0.4, 0.5) is 4.39 Å². The minimum Gasteiger partial charge on any atom is -0.351 e. The lowest BCUT2D eigenvalue weighted by Gasteiger charge is -2.30. The summed E-state index contributed by atoms with van der Waals surface area (Å²) in [5.41, 5.74) is 1.47. The second-order valence-corrected chi connectivity index (χ2v) is 6.75. The summed E-state index contributed by atoms with van der Waals surface area (Å²) in [5, 5.41) is 9.05. The Morgan fingerprint density at radius 3 is 2.96 bits per heavy atom. The predicted octanol–water partition coefficient (Wildman–Crippen LogP) is 3.59. The Hall–Kier alpha value is -1.21. The van der Waals surface area contributed by atoms with Crippen LogP contribution in [0, 0.1) is 5.82 Å². The molecule has 0 radical (unpaired) electrons. The van der Waals surface area contributed by atoms with Gasteiger partial charge in [0.2, 0.25) is 5.91 Å². The number of carbonyl (C=O) groups excluding carboxylic acids is 1. The first-order valence-electron chi connectivity index (χ1n) is 7.85. The van der Waals surface area contributed by atoms with Crippen LogP contribution in [0.2, 0.25) is 0 Å². The maximum absolute atomic E-state index is 13.3. The van der Waals surface area contributed by atoms with Crippen LogP contribution in [0.1, 0.15) is 25.5 Å². The lowest BCUT2D eigenvalue weighted by molar-refractivity contribution is -0.121. The Kier molecular flexibility index (Phi) is 8.79. The molecule has 2 N–H and O–H groups in total. The molecule has 1 aliphatic rings. The summed E-state index contributed by atoms with van der Waals surface area (Å²) in [4.78, 5) is 16.6. The fourth-order valence-electron chi connectivity index (χ4n) is 2.81. The highest BCUT2D eigenvalue weighted by Crippen LogP contribution is 2.24. The van der Waals surface area contributed by atoms with Gasteiger partial charge < -0.3 is 10.6 Å². The zero-order valence-electron chi connectivity index (χ0n) is 13.8. The smallest absolute Gasteiger partial charge is 0.226 e. The Balaban J connectivity index is 0.00000156. The van der Waals surface area contributed by atoms with Crippen molar-refractivity contribution in [3.05, 3.63) is 41.2 Å². The molecule has 1 aromatic heterocycles. The van der Waals surface area contributed by atoms with Gasteiger partial charge in [0.1, 0.15) is 10.8 Å². The van der Waals surface area contributed by atoms with Crippen LogP contribution < -0.4 is 10.6 Å². The Morgan fingerprint density at radius 1 is 1.44 bits per heavy atom. The molecule has 1 saturated heterocycles. The number of thiazole rings is 1. The monoisotopic (exact) mass is 405 g/mol. The van der Waals surface area contributed by atoms with Gasteiger partial charge in [-0.1, -0.05) is 12.1 Å². The summed E-state index contributed by atoms with van der Waals surface area (Å²) in [7, 11) is 0. The van der Waals surface area contributed by atoms with Gasteiger partial charge in [0.15, 0.2) is 0 Å². The number of amides is 1. The largest absolute Gasteiger partial charge is 0.351 e. The number of hydrogen-bond acceptors (Lipinski definition) is 4.